The van der Waals surface area contributed by atoms with Crippen LogP contribution in [0.25, 0.3) is 0 Å². The van der Waals surface area contributed by atoms with Gasteiger partial charge in [-0.15, -0.1) is 0 Å². The van der Waals surface area contributed by atoms with Crippen molar-refractivity contribution in [3.8, 4) is 0 Å². The molecule has 0 saturated heterocycles. The minimum atomic E-state index is -0.215. The van der Waals surface area contributed by atoms with Crippen LogP contribution in [0.5, 0.6) is 0 Å². The van der Waals surface area contributed by atoms with Gasteiger partial charge >= 0.3 is 0 Å². The number of nitrogens with two attached hydrogens (primary N) is 1. The molecule has 0 aliphatic heterocycles. The average molecular weight is 261 g/mol. The van der Waals surface area contributed by atoms with Gasteiger partial charge in [-0.3, -0.25) is 0 Å². The number of nitrogens with one attached hydrogen (secondary N) is 4. The van der Waals surface area contributed by atoms with Gasteiger partial charge in [-0.25, -0.2) is 0 Å². The Hall–Kier alpha value is -0.240. The monoisotopic (exact) mass is 261 g/mol. The molecule has 0 radical (unpaired) electrons. The molecular formula is C12H31N5O. The highest BCUT2D eigenvalue weighted by Gasteiger charge is 1.97. The van der Waals surface area contributed by atoms with E-state index < -0.39 is 0 Å². The third-order valence-corrected chi connectivity index (χ3v) is 2.61. The first-order chi connectivity index (χ1) is 8.81. The van der Waals surface area contributed by atoms with E-state index in [2.05, 4.69) is 21.3 Å². The van der Waals surface area contributed by atoms with E-state index in [0.717, 1.165) is 52.2 Å². The maximum absolute atomic E-state index is 9.31. The Morgan fingerprint density at radius 1 is 0.833 bits per heavy atom. The molecule has 110 valence electrons. The molecule has 0 aromatic heterocycles. The minimum Gasteiger partial charge on any atom is -0.392 e. The van der Waals surface area contributed by atoms with Crippen molar-refractivity contribution in [3.05, 3.63) is 0 Å². The first-order valence-electron chi connectivity index (χ1n) is 7.02. The first-order valence-corrected chi connectivity index (χ1v) is 7.02. The highest BCUT2D eigenvalue weighted by atomic mass is 16.3. The predicted octanol–water partition coefficient (Wildman–Crippen LogP) is -1.93. The quantitative estimate of drug-likeness (QED) is 0.204. The largest absolute Gasteiger partial charge is 0.392 e. The summed E-state index contributed by atoms with van der Waals surface area (Å²) in [5.74, 6) is 0. The van der Waals surface area contributed by atoms with E-state index in [0.29, 0.717) is 13.1 Å². The van der Waals surface area contributed by atoms with Crippen LogP contribution in [0.2, 0.25) is 0 Å². The molecule has 0 spiro atoms. The highest BCUT2D eigenvalue weighted by Crippen LogP contribution is 1.84. The van der Waals surface area contributed by atoms with Crippen molar-refractivity contribution in [1.29, 1.82) is 0 Å². The summed E-state index contributed by atoms with van der Waals surface area (Å²) < 4.78 is 0. The molecule has 0 aliphatic carbocycles. The number of aliphatic hydroxyl groups excluding tert-OH is 1. The molecule has 6 nitrogen and oxygen atoms in total. The van der Waals surface area contributed by atoms with Crippen LogP contribution in [-0.2, 0) is 0 Å². The average Bonchev–Trinajstić information content (AvgIpc) is 2.39. The Bertz CT molecular complexity index is 159. The van der Waals surface area contributed by atoms with Crippen LogP contribution in [0.1, 0.15) is 13.3 Å². The number of rotatable bonds is 14. The van der Waals surface area contributed by atoms with E-state index in [1.807, 2.05) is 6.92 Å². The van der Waals surface area contributed by atoms with Gasteiger partial charge in [0.05, 0.1) is 6.10 Å². The summed E-state index contributed by atoms with van der Waals surface area (Å²) in [6.45, 7) is 9.96. The zero-order valence-electron chi connectivity index (χ0n) is 11.7. The third-order valence-electron chi connectivity index (χ3n) is 2.61. The molecule has 1 unspecified atom stereocenters. The van der Waals surface area contributed by atoms with Crippen molar-refractivity contribution in [1.82, 2.24) is 21.3 Å². The molecule has 7 N–H and O–H groups in total. The summed E-state index contributed by atoms with van der Waals surface area (Å²) in [6.07, 6.45) is 0.593. The molecule has 0 bridgehead atoms. The standard InChI is InChI=1S/C12H31N5O/c1-2-12(18)11-17-10-9-16-8-7-15-6-5-14-4-3-13/h12,14-18H,2-11,13H2,1H3. The lowest BCUT2D eigenvalue weighted by atomic mass is 10.3. The van der Waals surface area contributed by atoms with Crippen molar-refractivity contribution < 1.29 is 5.11 Å². The zero-order chi connectivity index (χ0) is 13.5. The fraction of sp³-hybridized carbons (Fsp3) is 1.00. The van der Waals surface area contributed by atoms with E-state index in [1.54, 1.807) is 0 Å². The lowest BCUT2D eigenvalue weighted by Gasteiger charge is -2.10. The second-order valence-electron chi connectivity index (χ2n) is 4.30. The van der Waals surface area contributed by atoms with Gasteiger partial charge in [0.25, 0.3) is 0 Å². The first kappa shape index (κ1) is 17.8. The number of aliphatic hydroxyl groups is 1. The van der Waals surface area contributed by atoms with Crippen LogP contribution < -0.4 is 27.0 Å². The SMILES string of the molecule is CCC(O)CNCCNCCNCCNCCN. The fourth-order valence-corrected chi connectivity index (χ4v) is 1.42. The Morgan fingerprint density at radius 2 is 1.28 bits per heavy atom. The fourth-order valence-electron chi connectivity index (χ4n) is 1.42. The van der Waals surface area contributed by atoms with Crippen LogP contribution in [0.4, 0.5) is 0 Å². The Morgan fingerprint density at radius 3 is 1.72 bits per heavy atom. The van der Waals surface area contributed by atoms with Gasteiger partial charge in [0.2, 0.25) is 0 Å². The topological polar surface area (TPSA) is 94.4 Å². The van der Waals surface area contributed by atoms with Gasteiger partial charge in [0, 0.05) is 58.9 Å². The van der Waals surface area contributed by atoms with Crippen LogP contribution in [0, 0.1) is 0 Å². The van der Waals surface area contributed by atoms with Gasteiger partial charge in [0.15, 0.2) is 0 Å². The van der Waals surface area contributed by atoms with Gasteiger partial charge in [0.1, 0.15) is 0 Å². The van der Waals surface area contributed by atoms with Crippen molar-refractivity contribution in [2.75, 3.05) is 58.9 Å². The van der Waals surface area contributed by atoms with Crippen LogP contribution in [-0.4, -0.2) is 70.1 Å². The Labute approximate surface area is 111 Å². The summed E-state index contributed by atoms with van der Waals surface area (Å²) >= 11 is 0. The normalized spacial score (nSPS) is 12.8. The van der Waals surface area contributed by atoms with Crippen molar-refractivity contribution in [2.24, 2.45) is 5.73 Å². The smallest absolute Gasteiger partial charge is 0.0662 e. The lowest BCUT2D eigenvalue weighted by Crippen LogP contribution is -2.37. The summed E-state index contributed by atoms with van der Waals surface area (Å²) in [5, 5.41) is 22.4. The van der Waals surface area contributed by atoms with Crippen LogP contribution in [0.15, 0.2) is 0 Å². The molecule has 6 heteroatoms. The summed E-state index contributed by atoms with van der Waals surface area (Å²) in [7, 11) is 0. The van der Waals surface area contributed by atoms with Crippen molar-refractivity contribution >= 4 is 0 Å². The van der Waals surface area contributed by atoms with Gasteiger partial charge in [-0.1, -0.05) is 6.92 Å². The van der Waals surface area contributed by atoms with E-state index in [-0.39, 0.29) is 6.10 Å². The molecule has 0 aromatic rings. The molecular weight excluding hydrogens is 230 g/mol. The van der Waals surface area contributed by atoms with Crippen molar-refractivity contribution in [3.63, 3.8) is 0 Å². The van der Waals surface area contributed by atoms with E-state index >= 15 is 0 Å². The van der Waals surface area contributed by atoms with E-state index in [1.165, 1.54) is 0 Å². The van der Waals surface area contributed by atoms with E-state index in [9.17, 15) is 5.11 Å². The van der Waals surface area contributed by atoms with Gasteiger partial charge in [-0.05, 0) is 6.42 Å². The molecule has 0 amide bonds. The molecule has 18 heavy (non-hydrogen) atoms. The zero-order valence-corrected chi connectivity index (χ0v) is 11.7. The second kappa shape index (κ2) is 14.8. The molecule has 0 heterocycles. The predicted molar refractivity (Wildman–Crippen MR) is 76.8 cm³/mol. The molecule has 0 aliphatic rings. The maximum Gasteiger partial charge on any atom is 0.0662 e. The van der Waals surface area contributed by atoms with Crippen molar-refractivity contribution in [2.45, 2.75) is 19.4 Å². The van der Waals surface area contributed by atoms with Crippen LogP contribution in [0.3, 0.4) is 0 Å². The van der Waals surface area contributed by atoms with Gasteiger partial charge < -0.3 is 32.1 Å². The Balaban J connectivity index is 2.94. The summed E-state index contributed by atoms with van der Waals surface area (Å²) in [6, 6.07) is 0. The van der Waals surface area contributed by atoms with Gasteiger partial charge in [-0.2, -0.15) is 0 Å². The highest BCUT2D eigenvalue weighted by molar-refractivity contribution is 4.59. The second-order valence-corrected chi connectivity index (χ2v) is 4.30. The molecule has 0 fully saturated rings. The molecule has 0 aromatic carbocycles. The van der Waals surface area contributed by atoms with Crippen LogP contribution >= 0.6 is 0 Å². The summed E-state index contributed by atoms with van der Waals surface area (Å²) in [4.78, 5) is 0. The molecule has 1 atom stereocenters. The Kier molecular flexibility index (Phi) is 14.6. The summed E-state index contributed by atoms with van der Waals surface area (Å²) in [5.41, 5.74) is 5.36. The van der Waals surface area contributed by atoms with E-state index in [4.69, 9.17) is 5.73 Å². The molecule has 0 rings (SSSR count). The maximum atomic E-state index is 9.31. The molecule has 0 saturated carbocycles. The number of hydrogen-bond acceptors (Lipinski definition) is 6. The third kappa shape index (κ3) is 13.8. The number of hydrogen-bond donors (Lipinski definition) is 6. The minimum absolute atomic E-state index is 0.215. The lowest BCUT2D eigenvalue weighted by molar-refractivity contribution is 0.167.